The first kappa shape index (κ1) is 28.7. The number of carbonyl (C=O) groups is 3. The van der Waals surface area contributed by atoms with Crippen LogP contribution in [0.25, 0.3) is 0 Å². The van der Waals surface area contributed by atoms with Crippen LogP contribution >= 0.6 is 0 Å². The van der Waals surface area contributed by atoms with E-state index >= 15 is 0 Å². The number of benzene rings is 1. The molecule has 0 unspecified atom stereocenters. The topological polar surface area (TPSA) is 66.9 Å². The van der Waals surface area contributed by atoms with Gasteiger partial charge in [-0.05, 0) is 95.0 Å². The number of hydrogen-bond acceptors (Lipinski definition) is 5. The van der Waals surface area contributed by atoms with Crippen LogP contribution in [0.5, 0.6) is 0 Å². The third kappa shape index (κ3) is 7.22. The molecule has 4 rings (SSSR count). The van der Waals surface area contributed by atoms with E-state index in [4.69, 9.17) is 4.74 Å². The summed E-state index contributed by atoms with van der Waals surface area (Å²) in [6.07, 6.45) is 6.30. The van der Waals surface area contributed by atoms with Crippen LogP contribution in [0.3, 0.4) is 0 Å². The van der Waals surface area contributed by atoms with Crippen molar-refractivity contribution in [2.75, 3.05) is 19.6 Å². The summed E-state index contributed by atoms with van der Waals surface area (Å²) < 4.78 is 20.0. The van der Waals surface area contributed by atoms with Crippen molar-refractivity contribution in [3.05, 3.63) is 34.6 Å². The van der Waals surface area contributed by atoms with Crippen LogP contribution in [-0.4, -0.2) is 58.7 Å². The number of amides is 1. The summed E-state index contributed by atoms with van der Waals surface area (Å²) in [7, 11) is 0. The molecule has 0 N–H and O–H groups in total. The van der Waals surface area contributed by atoms with E-state index in [1.54, 1.807) is 6.07 Å². The minimum atomic E-state index is -0.499. The van der Waals surface area contributed by atoms with Crippen molar-refractivity contribution in [2.45, 2.75) is 104 Å². The number of hydrogen-bond donors (Lipinski definition) is 0. The maximum Gasteiger partial charge on any atom is 0.306 e. The number of ether oxygens (including phenoxy) is 1. The largest absolute Gasteiger partial charge is 0.460 e. The minimum absolute atomic E-state index is 0.0696. The third-order valence-electron chi connectivity index (χ3n) is 8.61. The highest BCUT2D eigenvalue weighted by atomic mass is 19.1. The van der Waals surface area contributed by atoms with E-state index in [9.17, 15) is 18.8 Å². The van der Waals surface area contributed by atoms with Gasteiger partial charge in [0.1, 0.15) is 17.2 Å². The first-order valence-corrected chi connectivity index (χ1v) is 14.4. The highest BCUT2D eigenvalue weighted by Gasteiger charge is 2.37. The maximum absolute atomic E-state index is 14.6. The van der Waals surface area contributed by atoms with Gasteiger partial charge >= 0.3 is 5.97 Å². The Morgan fingerprint density at radius 2 is 1.68 bits per heavy atom. The zero-order valence-corrected chi connectivity index (χ0v) is 23.9. The summed E-state index contributed by atoms with van der Waals surface area (Å²) in [6, 6.07) is 3.22. The van der Waals surface area contributed by atoms with Crippen molar-refractivity contribution < 1.29 is 23.5 Å². The van der Waals surface area contributed by atoms with Gasteiger partial charge in [-0.1, -0.05) is 12.8 Å². The second-order valence-corrected chi connectivity index (χ2v) is 12.9. The number of carbonyl (C=O) groups excluding carboxylic acids is 3. The van der Waals surface area contributed by atoms with E-state index < -0.39 is 5.60 Å². The maximum atomic E-state index is 14.6. The average molecular weight is 529 g/mol. The molecule has 7 heteroatoms. The summed E-state index contributed by atoms with van der Waals surface area (Å²) in [4.78, 5) is 42.3. The van der Waals surface area contributed by atoms with Crippen LogP contribution in [0.2, 0.25) is 0 Å². The fourth-order valence-corrected chi connectivity index (χ4v) is 6.41. The summed E-state index contributed by atoms with van der Waals surface area (Å²) in [5.41, 5.74) is 2.14. The summed E-state index contributed by atoms with van der Waals surface area (Å²) in [5, 5.41) is 0. The van der Waals surface area contributed by atoms with Gasteiger partial charge in [-0.3, -0.25) is 19.3 Å². The van der Waals surface area contributed by atoms with Gasteiger partial charge in [0, 0.05) is 56.9 Å². The molecule has 0 spiro atoms. The summed E-state index contributed by atoms with van der Waals surface area (Å²) in [5.74, 6) is 0.214. The van der Waals surface area contributed by atoms with Crippen molar-refractivity contribution in [2.24, 2.45) is 17.8 Å². The first-order chi connectivity index (χ1) is 17.9. The molecule has 3 aliphatic rings. The van der Waals surface area contributed by atoms with Gasteiger partial charge in [-0.25, -0.2) is 4.39 Å². The Bertz CT molecular complexity index is 1040. The Balaban J connectivity index is 1.30. The quantitative estimate of drug-likeness (QED) is 0.433. The number of nitrogens with zero attached hydrogens (tertiary/aromatic N) is 2. The lowest BCUT2D eigenvalue weighted by Gasteiger charge is -2.41. The monoisotopic (exact) mass is 528 g/mol. The number of piperazine rings is 1. The molecule has 2 saturated carbocycles. The number of rotatable bonds is 8. The second kappa shape index (κ2) is 11.8. The smallest absolute Gasteiger partial charge is 0.306 e. The fourth-order valence-electron chi connectivity index (χ4n) is 6.41. The minimum Gasteiger partial charge on any atom is -0.460 e. The Morgan fingerprint density at radius 1 is 1.03 bits per heavy atom. The van der Waals surface area contributed by atoms with Crippen molar-refractivity contribution in [1.82, 2.24) is 9.80 Å². The van der Waals surface area contributed by atoms with Crippen molar-refractivity contribution in [1.29, 1.82) is 0 Å². The molecule has 0 bridgehead atoms. The van der Waals surface area contributed by atoms with Crippen LogP contribution < -0.4 is 0 Å². The standard InChI is InChI=1S/C31H45FN2O4/c1-20-18-33(10-11-34(20)30(37)23-8-6-7-9-23)19-26-16-27(32)15-24(21(26)2)17-28(35)25-12-22(13-25)14-29(36)38-31(3,4)5/h15-16,20,22-23,25H,6-14,17-19H2,1-5H3/t20-,22?,25?/m0/s1. The van der Waals surface area contributed by atoms with Gasteiger partial charge in [0.25, 0.3) is 0 Å². The van der Waals surface area contributed by atoms with Gasteiger partial charge in [0.2, 0.25) is 5.91 Å². The average Bonchev–Trinajstić information content (AvgIpc) is 3.32. The number of ketones is 1. The van der Waals surface area contributed by atoms with E-state index in [1.807, 2.05) is 32.6 Å². The van der Waals surface area contributed by atoms with Gasteiger partial charge in [0.05, 0.1) is 0 Å². The van der Waals surface area contributed by atoms with Crippen LogP contribution in [0.15, 0.2) is 12.1 Å². The Morgan fingerprint density at radius 3 is 2.32 bits per heavy atom. The zero-order valence-electron chi connectivity index (χ0n) is 23.9. The third-order valence-corrected chi connectivity index (χ3v) is 8.61. The number of esters is 1. The van der Waals surface area contributed by atoms with Crippen molar-refractivity contribution in [3.8, 4) is 0 Å². The molecule has 1 heterocycles. The van der Waals surface area contributed by atoms with Gasteiger partial charge in [-0.2, -0.15) is 0 Å². The molecule has 1 amide bonds. The Hall–Kier alpha value is -2.28. The molecule has 210 valence electrons. The molecular formula is C31H45FN2O4. The highest BCUT2D eigenvalue weighted by molar-refractivity contribution is 5.84. The van der Waals surface area contributed by atoms with Crippen LogP contribution in [0.4, 0.5) is 4.39 Å². The van der Waals surface area contributed by atoms with E-state index in [0.29, 0.717) is 38.3 Å². The molecule has 0 aromatic heterocycles. The van der Waals surface area contributed by atoms with Crippen molar-refractivity contribution in [3.63, 3.8) is 0 Å². The first-order valence-electron chi connectivity index (χ1n) is 14.4. The molecule has 2 aliphatic carbocycles. The lowest BCUT2D eigenvalue weighted by Crippen LogP contribution is -2.54. The SMILES string of the molecule is Cc1c(CC(=O)C2CC(CC(=O)OC(C)(C)C)C2)cc(F)cc1CN1CCN(C(=O)C2CCCC2)[C@@H](C)C1. The van der Waals surface area contributed by atoms with Gasteiger partial charge in [0.15, 0.2) is 0 Å². The molecule has 3 fully saturated rings. The molecule has 1 saturated heterocycles. The van der Waals surface area contributed by atoms with Gasteiger partial charge in [-0.15, -0.1) is 0 Å². The predicted octanol–water partition coefficient (Wildman–Crippen LogP) is 5.23. The lowest BCUT2D eigenvalue weighted by molar-refractivity contribution is -0.157. The predicted molar refractivity (Wildman–Crippen MR) is 145 cm³/mol. The van der Waals surface area contributed by atoms with E-state index in [1.165, 1.54) is 6.07 Å². The van der Waals surface area contributed by atoms with Crippen LogP contribution in [0, 0.1) is 30.5 Å². The molecule has 1 aromatic rings. The summed E-state index contributed by atoms with van der Waals surface area (Å²) in [6.45, 7) is 12.5. The number of Topliss-reactive ketones (excluding diaryl/α,β-unsaturated/α-hetero) is 1. The van der Waals surface area contributed by atoms with E-state index in [2.05, 4.69) is 11.8 Å². The normalized spacial score (nSPS) is 24.8. The second-order valence-electron chi connectivity index (χ2n) is 12.9. The number of halogens is 1. The molecule has 38 heavy (non-hydrogen) atoms. The Kier molecular flexibility index (Phi) is 8.96. The van der Waals surface area contributed by atoms with E-state index in [-0.39, 0.29) is 47.8 Å². The molecule has 6 nitrogen and oxygen atoms in total. The molecular weight excluding hydrogens is 483 g/mol. The van der Waals surface area contributed by atoms with Crippen LogP contribution in [0.1, 0.15) is 89.3 Å². The molecule has 1 aliphatic heterocycles. The summed E-state index contributed by atoms with van der Waals surface area (Å²) >= 11 is 0. The zero-order chi connectivity index (χ0) is 27.6. The molecule has 1 atom stereocenters. The Labute approximate surface area is 227 Å². The van der Waals surface area contributed by atoms with Crippen molar-refractivity contribution >= 4 is 17.7 Å². The molecule has 0 radical (unpaired) electrons. The fraction of sp³-hybridized carbons (Fsp3) is 0.710. The highest BCUT2D eigenvalue weighted by Crippen LogP contribution is 2.38. The van der Waals surface area contributed by atoms with E-state index in [0.717, 1.165) is 55.5 Å². The van der Waals surface area contributed by atoms with Gasteiger partial charge < -0.3 is 9.64 Å². The van der Waals surface area contributed by atoms with Crippen LogP contribution in [-0.2, 0) is 32.1 Å². The molecule has 1 aromatic carbocycles. The lowest BCUT2D eigenvalue weighted by atomic mass is 9.70.